The number of carbonyl (C=O) groups is 1. The molecule has 2 aromatic carbocycles. The molecular formula is C36H37N7O. The normalized spacial score (nSPS) is 14.0. The topological polar surface area (TPSA) is 87.1 Å². The van der Waals surface area contributed by atoms with Crippen molar-refractivity contribution in [3.8, 4) is 22.5 Å². The van der Waals surface area contributed by atoms with Crippen molar-refractivity contribution >= 4 is 11.6 Å². The zero-order chi connectivity index (χ0) is 30.5. The number of aromatic nitrogens is 4. The Hall–Kier alpha value is -4.79. The summed E-state index contributed by atoms with van der Waals surface area (Å²) in [7, 11) is 2.16. The van der Waals surface area contributed by atoms with E-state index in [4.69, 9.17) is 4.98 Å². The molecule has 5 aromatic rings. The summed E-state index contributed by atoms with van der Waals surface area (Å²) in [5.74, 6) is 0.573. The number of rotatable bonds is 8. The molecule has 1 aliphatic heterocycles. The fraction of sp³-hybridized carbons (Fsp3) is 0.250. The average Bonchev–Trinajstić information content (AvgIpc) is 3.04. The molecule has 1 aliphatic rings. The van der Waals surface area contributed by atoms with E-state index >= 15 is 0 Å². The highest BCUT2D eigenvalue weighted by atomic mass is 16.1. The van der Waals surface area contributed by atoms with Crippen molar-refractivity contribution in [1.82, 2.24) is 29.7 Å². The van der Waals surface area contributed by atoms with E-state index in [1.165, 1.54) is 5.56 Å². The first-order valence-corrected chi connectivity index (χ1v) is 15.0. The number of pyridine rings is 2. The molecule has 0 saturated carbocycles. The van der Waals surface area contributed by atoms with Crippen molar-refractivity contribution in [2.45, 2.75) is 26.8 Å². The maximum atomic E-state index is 13.1. The fourth-order valence-electron chi connectivity index (χ4n) is 5.40. The Labute approximate surface area is 258 Å². The lowest BCUT2D eigenvalue weighted by Gasteiger charge is -2.32. The van der Waals surface area contributed by atoms with Crippen molar-refractivity contribution in [3.05, 3.63) is 125 Å². The highest BCUT2D eigenvalue weighted by Gasteiger charge is 2.15. The Morgan fingerprint density at radius 2 is 1.57 bits per heavy atom. The highest BCUT2D eigenvalue weighted by molar-refractivity contribution is 6.04. The van der Waals surface area contributed by atoms with Crippen molar-refractivity contribution in [2.24, 2.45) is 0 Å². The van der Waals surface area contributed by atoms with E-state index in [1.54, 1.807) is 6.20 Å². The number of piperazine rings is 1. The van der Waals surface area contributed by atoms with Crippen LogP contribution in [0.2, 0.25) is 0 Å². The number of amides is 1. The lowest BCUT2D eigenvalue weighted by atomic mass is 10.0. The van der Waals surface area contributed by atoms with Gasteiger partial charge in [0.15, 0.2) is 0 Å². The Bertz CT molecular complexity index is 1760. The molecule has 8 nitrogen and oxygen atoms in total. The second-order valence-corrected chi connectivity index (χ2v) is 11.6. The van der Waals surface area contributed by atoms with Gasteiger partial charge in [-0.25, -0.2) is 9.97 Å². The monoisotopic (exact) mass is 583 g/mol. The SMILES string of the molecule is Cc1ccnc(-c2cncc(-c3ccnc(Cc4cc(NC(=O)c5ccc(CN6CCN(C)CC6)cc5)ccc4C)n3)c2)c1. The van der Waals surface area contributed by atoms with Crippen molar-refractivity contribution < 1.29 is 4.79 Å². The van der Waals surface area contributed by atoms with Gasteiger partial charge in [-0.3, -0.25) is 19.7 Å². The molecule has 0 unspecified atom stereocenters. The second-order valence-electron chi connectivity index (χ2n) is 11.6. The van der Waals surface area contributed by atoms with Gasteiger partial charge in [-0.1, -0.05) is 18.2 Å². The van der Waals surface area contributed by atoms with Crippen molar-refractivity contribution in [2.75, 3.05) is 38.5 Å². The van der Waals surface area contributed by atoms with Gasteiger partial charge < -0.3 is 10.2 Å². The third kappa shape index (κ3) is 7.22. The summed E-state index contributed by atoms with van der Waals surface area (Å²) >= 11 is 0. The van der Waals surface area contributed by atoms with Crippen LogP contribution in [0.3, 0.4) is 0 Å². The molecule has 1 N–H and O–H groups in total. The molecular weight excluding hydrogens is 546 g/mol. The van der Waals surface area contributed by atoms with Crippen LogP contribution in [0.5, 0.6) is 0 Å². The van der Waals surface area contributed by atoms with Crippen LogP contribution < -0.4 is 5.32 Å². The number of anilines is 1. The summed E-state index contributed by atoms with van der Waals surface area (Å²) in [5.41, 5.74) is 9.45. The number of hydrogen-bond acceptors (Lipinski definition) is 7. The van der Waals surface area contributed by atoms with Gasteiger partial charge in [-0.05, 0) is 91.7 Å². The van der Waals surface area contributed by atoms with E-state index in [-0.39, 0.29) is 5.91 Å². The molecule has 1 saturated heterocycles. The maximum Gasteiger partial charge on any atom is 0.255 e. The summed E-state index contributed by atoms with van der Waals surface area (Å²) in [6, 6.07) is 21.9. The lowest BCUT2D eigenvalue weighted by molar-refractivity contribution is 0.102. The lowest BCUT2D eigenvalue weighted by Crippen LogP contribution is -2.43. The summed E-state index contributed by atoms with van der Waals surface area (Å²) in [6.45, 7) is 9.34. The molecule has 6 rings (SSSR count). The molecule has 0 bridgehead atoms. The van der Waals surface area contributed by atoms with E-state index in [1.807, 2.05) is 67.1 Å². The minimum Gasteiger partial charge on any atom is -0.322 e. The minimum absolute atomic E-state index is 0.125. The van der Waals surface area contributed by atoms with Gasteiger partial charge in [0.05, 0.1) is 11.4 Å². The van der Waals surface area contributed by atoms with Gasteiger partial charge in [-0.15, -0.1) is 0 Å². The van der Waals surface area contributed by atoms with Crippen LogP contribution in [0.15, 0.2) is 91.5 Å². The van der Waals surface area contributed by atoms with Crippen molar-refractivity contribution in [3.63, 3.8) is 0 Å². The smallest absolute Gasteiger partial charge is 0.255 e. The number of benzene rings is 2. The van der Waals surface area contributed by atoms with Crippen LogP contribution in [-0.4, -0.2) is 68.9 Å². The molecule has 3 aromatic heterocycles. The number of carbonyl (C=O) groups excluding carboxylic acids is 1. The number of aryl methyl sites for hydroxylation is 2. The quantitative estimate of drug-likeness (QED) is 0.247. The van der Waals surface area contributed by atoms with Gasteiger partial charge >= 0.3 is 0 Å². The summed E-state index contributed by atoms with van der Waals surface area (Å²) in [5, 5.41) is 3.07. The minimum atomic E-state index is -0.125. The van der Waals surface area contributed by atoms with Gasteiger partial charge in [0.1, 0.15) is 5.82 Å². The predicted molar refractivity (Wildman–Crippen MR) is 174 cm³/mol. The highest BCUT2D eigenvalue weighted by Crippen LogP contribution is 2.24. The van der Waals surface area contributed by atoms with E-state index in [9.17, 15) is 4.79 Å². The largest absolute Gasteiger partial charge is 0.322 e. The molecule has 222 valence electrons. The fourth-order valence-corrected chi connectivity index (χ4v) is 5.40. The van der Waals surface area contributed by atoms with Gasteiger partial charge in [0, 0.05) is 86.3 Å². The van der Waals surface area contributed by atoms with E-state index in [0.29, 0.717) is 17.8 Å². The second kappa shape index (κ2) is 13.2. The standard InChI is InChI=1S/C36H37N7O/c1-25-10-12-38-34(18-25)31-19-30(22-37-23-31)33-11-13-39-35(41-33)21-29-20-32(9-4-26(29)2)40-36(44)28-7-5-27(6-8-28)24-43-16-14-42(3)15-17-43/h4-13,18-20,22-23H,14-17,21,24H2,1-3H3,(H,40,44). The first-order chi connectivity index (χ1) is 21.4. The summed E-state index contributed by atoms with van der Waals surface area (Å²) in [4.78, 5) is 36.3. The molecule has 8 heteroatoms. The van der Waals surface area contributed by atoms with Crippen LogP contribution in [0, 0.1) is 13.8 Å². The first-order valence-electron chi connectivity index (χ1n) is 15.0. The Morgan fingerprint density at radius 3 is 2.34 bits per heavy atom. The van der Waals surface area contributed by atoms with Crippen LogP contribution in [0.25, 0.3) is 22.5 Å². The Morgan fingerprint density at radius 1 is 0.818 bits per heavy atom. The van der Waals surface area contributed by atoms with Gasteiger partial charge in [-0.2, -0.15) is 0 Å². The van der Waals surface area contributed by atoms with E-state index in [0.717, 1.165) is 77.6 Å². The third-order valence-corrected chi connectivity index (χ3v) is 8.12. The van der Waals surface area contributed by atoms with Crippen LogP contribution in [-0.2, 0) is 13.0 Å². The Kier molecular flexibility index (Phi) is 8.81. The van der Waals surface area contributed by atoms with Crippen LogP contribution >= 0.6 is 0 Å². The predicted octanol–water partition coefficient (Wildman–Crippen LogP) is 5.81. The van der Waals surface area contributed by atoms with Crippen LogP contribution in [0.4, 0.5) is 5.69 Å². The number of nitrogens with one attached hydrogen (secondary N) is 1. The molecule has 1 fully saturated rings. The van der Waals surface area contributed by atoms with Crippen LogP contribution in [0.1, 0.15) is 38.4 Å². The van der Waals surface area contributed by atoms with Gasteiger partial charge in [0.2, 0.25) is 0 Å². The average molecular weight is 584 g/mol. The van der Waals surface area contributed by atoms with Gasteiger partial charge in [0.25, 0.3) is 5.91 Å². The Balaban J connectivity index is 1.13. The van der Waals surface area contributed by atoms with E-state index in [2.05, 4.69) is 69.2 Å². The molecule has 0 spiro atoms. The summed E-state index contributed by atoms with van der Waals surface area (Å²) < 4.78 is 0. The molecule has 0 aliphatic carbocycles. The molecule has 1 amide bonds. The number of hydrogen-bond donors (Lipinski definition) is 1. The zero-order valence-corrected chi connectivity index (χ0v) is 25.5. The first kappa shape index (κ1) is 29.3. The van der Waals surface area contributed by atoms with E-state index < -0.39 is 0 Å². The summed E-state index contributed by atoms with van der Waals surface area (Å²) in [6.07, 6.45) is 7.76. The number of nitrogens with zero attached hydrogens (tertiary/aromatic N) is 6. The molecule has 4 heterocycles. The molecule has 44 heavy (non-hydrogen) atoms. The zero-order valence-electron chi connectivity index (χ0n) is 25.5. The molecule has 0 radical (unpaired) electrons. The number of likely N-dealkylation sites (N-methyl/N-ethyl adjacent to an activating group) is 1. The maximum absolute atomic E-state index is 13.1. The third-order valence-electron chi connectivity index (χ3n) is 8.12. The van der Waals surface area contributed by atoms with Crippen molar-refractivity contribution in [1.29, 1.82) is 0 Å². The molecule has 0 atom stereocenters.